The molecule has 3 unspecified atom stereocenters. The third-order valence-electron chi connectivity index (χ3n) is 10.3. The van der Waals surface area contributed by atoms with E-state index in [1.54, 1.807) is 6.26 Å². The van der Waals surface area contributed by atoms with Crippen LogP contribution in [0.3, 0.4) is 0 Å². The van der Waals surface area contributed by atoms with E-state index >= 15 is 0 Å². The molecule has 7 nitrogen and oxygen atoms in total. The lowest BCUT2D eigenvalue weighted by atomic mass is 9.43. The zero-order chi connectivity index (χ0) is 24.9. The van der Waals surface area contributed by atoms with Crippen molar-refractivity contribution >= 4 is 28.1 Å². The van der Waals surface area contributed by atoms with Gasteiger partial charge in [0.1, 0.15) is 5.58 Å². The van der Waals surface area contributed by atoms with Crippen LogP contribution in [0, 0.1) is 23.2 Å². The number of nitrogens with one attached hydrogen (secondary N) is 1. The van der Waals surface area contributed by atoms with Crippen LogP contribution in [0.1, 0.15) is 58.4 Å². The van der Waals surface area contributed by atoms with E-state index in [0.717, 1.165) is 48.6 Å². The van der Waals surface area contributed by atoms with E-state index in [2.05, 4.69) is 25.5 Å². The first kappa shape index (κ1) is 23.7. The van der Waals surface area contributed by atoms with Crippen LogP contribution in [0.4, 0.5) is 0 Å². The second kappa shape index (κ2) is 8.06. The molecule has 1 N–H and O–H groups in total. The molecule has 0 amide bonds. The minimum Gasteiger partial charge on any atom is -0.464 e. The number of ether oxygens (including phenoxy) is 1. The van der Waals surface area contributed by atoms with Crippen molar-refractivity contribution in [1.82, 2.24) is 4.72 Å². The van der Waals surface area contributed by atoms with Crippen molar-refractivity contribution < 1.29 is 26.9 Å². The van der Waals surface area contributed by atoms with Gasteiger partial charge in [-0.15, -0.1) is 0 Å². The predicted molar refractivity (Wildman–Crippen MR) is 137 cm³/mol. The average molecular weight is 513 g/mol. The maximum absolute atomic E-state index is 13.5. The lowest BCUT2D eigenvalue weighted by molar-refractivity contribution is -0.199. The molecule has 3 aliphatic carbocycles. The smallest absolute Gasteiger partial charge is 0.464 e. The number of sulfonamides is 1. The maximum Gasteiger partial charge on any atom is 0.477 e. The standard InChI is InChI=1S/C27H36BNO6S/c1-26(2)18-12-23(26)27(3)24(13-18)34-28(35-27)25(11-16-14-32-22-7-5-4-6-20(16)22)29-36(30,31)15-17-10-19-8-9-21(17)33-19/h4-7,14,17-19,21,23-25,29H,8-13,15H2,1-3H3/t17?,18-,19?,21?,23-,24+,25-,27-/m0/s1. The summed E-state index contributed by atoms with van der Waals surface area (Å²) >= 11 is 0. The van der Waals surface area contributed by atoms with E-state index in [4.69, 9.17) is 18.5 Å². The molecule has 1 aromatic carbocycles. The van der Waals surface area contributed by atoms with Gasteiger partial charge < -0.3 is 18.5 Å². The summed E-state index contributed by atoms with van der Waals surface area (Å²) in [6, 6.07) is 7.86. The Labute approximate surface area is 213 Å². The van der Waals surface area contributed by atoms with E-state index in [1.807, 2.05) is 24.3 Å². The molecule has 194 valence electrons. The largest absolute Gasteiger partial charge is 0.477 e. The second-order valence-electron chi connectivity index (χ2n) is 12.7. The van der Waals surface area contributed by atoms with Crippen molar-refractivity contribution in [2.24, 2.45) is 23.2 Å². The van der Waals surface area contributed by atoms with E-state index < -0.39 is 28.7 Å². The molecule has 1 aromatic heterocycles. The van der Waals surface area contributed by atoms with Crippen molar-refractivity contribution in [3.05, 3.63) is 36.1 Å². The molecular formula is C27H36BNO6S. The third-order valence-corrected chi connectivity index (χ3v) is 11.8. The van der Waals surface area contributed by atoms with Gasteiger partial charge in [0.15, 0.2) is 0 Å². The van der Waals surface area contributed by atoms with Gasteiger partial charge in [0.25, 0.3) is 0 Å². The summed E-state index contributed by atoms with van der Waals surface area (Å²) in [7, 11) is -4.22. The Morgan fingerprint density at radius 2 is 1.97 bits per heavy atom. The highest BCUT2D eigenvalue weighted by Gasteiger charge is 2.68. The van der Waals surface area contributed by atoms with Gasteiger partial charge in [0, 0.05) is 11.3 Å². The fourth-order valence-electron chi connectivity index (χ4n) is 8.17. The van der Waals surface area contributed by atoms with Gasteiger partial charge in [0.05, 0.1) is 41.9 Å². The minimum atomic E-state index is -3.58. The maximum atomic E-state index is 13.5. The third kappa shape index (κ3) is 3.64. The first-order chi connectivity index (χ1) is 17.1. The summed E-state index contributed by atoms with van der Waals surface area (Å²) < 4.78 is 55.0. The molecule has 3 saturated carbocycles. The number of hydrogen-bond donors (Lipinski definition) is 1. The Bertz CT molecular complexity index is 1280. The Morgan fingerprint density at radius 1 is 1.14 bits per heavy atom. The SMILES string of the molecule is CC1(C)[C@@H]2C[C@H]3OB([C@H](Cc4coc5ccccc45)NS(=O)(=O)CC4CC5CCC4O5)O[C@@]3(C)[C@H]1C2. The molecule has 8 rings (SSSR count). The summed E-state index contributed by atoms with van der Waals surface area (Å²) in [5, 5.41) is 0.994. The second-order valence-corrected chi connectivity index (χ2v) is 14.5. The molecule has 8 atom stereocenters. The highest BCUT2D eigenvalue weighted by molar-refractivity contribution is 7.89. The molecule has 36 heavy (non-hydrogen) atoms. The van der Waals surface area contributed by atoms with Crippen molar-refractivity contribution in [1.29, 1.82) is 0 Å². The first-order valence-electron chi connectivity index (χ1n) is 13.6. The fourth-order valence-corrected chi connectivity index (χ4v) is 9.84. The molecule has 9 heteroatoms. The van der Waals surface area contributed by atoms with Crippen LogP contribution >= 0.6 is 0 Å². The summed E-state index contributed by atoms with van der Waals surface area (Å²) in [6.45, 7) is 6.84. The quantitative estimate of drug-likeness (QED) is 0.562. The van der Waals surface area contributed by atoms with Crippen molar-refractivity contribution in [3.63, 3.8) is 0 Å². The number of hydrogen-bond acceptors (Lipinski definition) is 6. The van der Waals surface area contributed by atoms with Crippen molar-refractivity contribution in [2.45, 2.75) is 89.2 Å². The van der Waals surface area contributed by atoms with Crippen LogP contribution < -0.4 is 4.72 Å². The Kier molecular flexibility index (Phi) is 5.31. The van der Waals surface area contributed by atoms with Crippen LogP contribution in [-0.2, 0) is 30.5 Å². The van der Waals surface area contributed by atoms with Crippen molar-refractivity contribution in [3.8, 4) is 0 Å². The van der Waals surface area contributed by atoms with Crippen LogP contribution in [0.25, 0.3) is 11.0 Å². The molecular weight excluding hydrogens is 477 g/mol. The van der Waals surface area contributed by atoms with Gasteiger partial charge in [-0.05, 0) is 74.3 Å². The molecule has 6 aliphatic rings. The van der Waals surface area contributed by atoms with E-state index in [-0.39, 0.29) is 35.4 Å². The number of benzene rings is 1. The normalized spacial score (nSPS) is 39.4. The Morgan fingerprint density at radius 3 is 2.72 bits per heavy atom. The van der Waals surface area contributed by atoms with Gasteiger partial charge in [-0.2, -0.15) is 0 Å². The molecule has 0 radical (unpaired) electrons. The Hall–Kier alpha value is -1.39. The van der Waals surface area contributed by atoms with Gasteiger partial charge in [-0.1, -0.05) is 32.0 Å². The Balaban J connectivity index is 1.16. The predicted octanol–water partition coefficient (Wildman–Crippen LogP) is 4.10. The van der Waals surface area contributed by atoms with Crippen molar-refractivity contribution in [2.75, 3.05) is 5.75 Å². The molecule has 6 fully saturated rings. The zero-order valence-corrected chi connectivity index (χ0v) is 22.1. The van der Waals surface area contributed by atoms with Crippen LogP contribution in [0.2, 0.25) is 0 Å². The van der Waals surface area contributed by atoms with Crippen LogP contribution in [0.5, 0.6) is 0 Å². The lowest BCUT2D eigenvalue weighted by Gasteiger charge is -2.64. The summed E-state index contributed by atoms with van der Waals surface area (Å²) in [4.78, 5) is 0. The average Bonchev–Trinajstić information content (AvgIpc) is 3.60. The number of furan rings is 1. The van der Waals surface area contributed by atoms with Crippen LogP contribution in [0.15, 0.2) is 34.9 Å². The molecule has 3 aliphatic heterocycles. The number of fused-ring (bicyclic) bond motifs is 3. The van der Waals surface area contributed by atoms with Crippen LogP contribution in [-0.4, -0.2) is 51.1 Å². The number of para-hydroxylation sites is 1. The monoisotopic (exact) mass is 513 g/mol. The topological polar surface area (TPSA) is 87.0 Å². The molecule has 4 bridgehead atoms. The molecule has 4 heterocycles. The minimum absolute atomic E-state index is 0.00802. The molecule has 2 aromatic rings. The summed E-state index contributed by atoms with van der Waals surface area (Å²) in [6.07, 6.45) is 7.42. The number of rotatable bonds is 7. The van der Waals surface area contributed by atoms with Gasteiger partial charge in [-0.25, -0.2) is 13.1 Å². The van der Waals surface area contributed by atoms with Gasteiger partial charge in [-0.3, -0.25) is 0 Å². The highest BCUT2D eigenvalue weighted by atomic mass is 32.2. The van der Waals surface area contributed by atoms with Gasteiger partial charge >= 0.3 is 7.12 Å². The van der Waals surface area contributed by atoms with E-state index in [1.165, 1.54) is 0 Å². The summed E-state index contributed by atoms with van der Waals surface area (Å²) in [5.41, 5.74) is 1.58. The summed E-state index contributed by atoms with van der Waals surface area (Å²) in [5.74, 6) is 0.640. The van der Waals surface area contributed by atoms with E-state index in [0.29, 0.717) is 18.3 Å². The molecule has 0 spiro atoms. The molecule has 3 saturated heterocycles. The van der Waals surface area contributed by atoms with Gasteiger partial charge in [0.2, 0.25) is 10.0 Å². The first-order valence-corrected chi connectivity index (χ1v) is 15.2. The van der Waals surface area contributed by atoms with E-state index in [9.17, 15) is 8.42 Å². The highest BCUT2D eigenvalue weighted by Crippen LogP contribution is 2.65. The zero-order valence-electron chi connectivity index (χ0n) is 21.3. The lowest BCUT2D eigenvalue weighted by Crippen LogP contribution is -2.65. The fraction of sp³-hybridized carbons (Fsp3) is 0.704.